The maximum atomic E-state index is 13.2. The quantitative estimate of drug-likeness (QED) is 0.182. The average molecular weight is 655 g/mol. The van der Waals surface area contributed by atoms with Crippen LogP contribution in [0.2, 0.25) is 0 Å². The molecule has 0 saturated carbocycles. The van der Waals surface area contributed by atoms with Crippen LogP contribution in [-0.4, -0.2) is 42.1 Å². The lowest BCUT2D eigenvalue weighted by Gasteiger charge is -2.26. The Bertz CT molecular complexity index is 1530. The van der Waals surface area contributed by atoms with E-state index in [0.717, 1.165) is 16.0 Å². The number of amides is 5. The van der Waals surface area contributed by atoms with Gasteiger partial charge in [-0.05, 0) is 109 Å². The summed E-state index contributed by atoms with van der Waals surface area (Å²) in [5.74, 6) is -1.40. The second-order valence-electron chi connectivity index (χ2n) is 8.89. The van der Waals surface area contributed by atoms with Crippen molar-refractivity contribution in [3.63, 3.8) is 0 Å². The van der Waals surface area contributed by atoms with Crippen molar-refractivity contribution in [3.8, 4) is 17.2 Å². The number of hydrogen-bond donors (Lipinski definition) is 3. The Balaban J connectivity index is 1.58. The summed E-state index contributed by atoms with van der Waals surface area (Å²) in [5.41, 5.74) is 3.00. The van der Waals surface area contributed by atoms with Gasteiger partial charge < -0.3 is 19.9 Å². The van der Waals surface area contributed by atoms with Crippen molar-refractivity contribution in [3.05, 3.63) is 80.4 Å². The number of nitrogens with one attached hydrogen (secondary N) is 2. The molecule has 1 heterocycles. The largest absolute Gasteiger partial charge is 0.508 e. The first kappa shape index (κ1) is 28.6. The van der Waals surface area contributed by atoms with Crippen LogP contribution in [0.3, 0.4) is 0 Å². The Hall–Kier alpha value is -4.39. The standard InChI is InChI=1S/C29H26IN3O7/c1-4-39-24-14-18(12-21-27(36)32-29(38)33(28(21)37)19-7-9-20(34)10-8-19)13-22(30)26(24)40-15-25(35)31-23-11-16(2)5-6-17(23)3/h5-14,34H,4,15H2,1-3H3,(H,31,35)(H,32,36,38)/b21-12-. The van der Waals surface area contributed by atoms with Gasteiger partial charge in [0.15, 0.2) is 18.1 Å². The molecule has 1 fully saturated rings. The number of aromatic hydroxyl groups is 1. The van der Waals surface area contributed by atoms with Crippen LogP contribution in [0.5, 0.6) is 17.2 Å². The van der Waals surface area contributed by atoms with E-state index in [1.54, 1.807) is 19.1 Å². The number of barbiturate groups is 1. The number of aryl methyl sites for hydroxylation is 2. The highest BCUT2D eigenvalue weighted by Gasteiger charge is 2.37. The Kier molecular flexibility index (Phi) is 8.73. The molecule has 3 aromatic rings. The molecule has 0 unspecified atom stereocenters. The van der Waals surface area contributed by atoms with E-state index in [9.17, 15) is 24.3 Å². The Morgan fingerprint density at radius 2 is 1.77 bits per heavy atom. The topological polar surface area (TPSA) is 134 Å². The average Bonchev–Trinajstić information content (AvgIpc) is 2.89. The van der Waals surface area contributed by atoms with Crippen molar-refractivity contribution in [2.45, 2.75) is 20.8 Å². The van der Waals surface area contributed by atoms with Gasteiger partial charge in [0.25, 0.3) is 17.7 Å². The van der Waals surface area contributed by atoms with Crippen LogP contribution in [-0.2, 0) is 14.4 Å². The molecule has 40 heavy (non-hydrogen) atoms. The number of anilines is 2. The number of phenolic OH excluding ortho intramolecular Hbond substituents is 1. The van der Waals surface area contributed by atoms with Gasteiger partial charge in [-0.3, -0.25) is 19.7 Å². The van der Waals surface area contributed by atoms with Crippen molar-refractivity contribution >= 4 is 63.8 Å². The molecule has 0 bridgehead atoms. The highest BCUT2D eigenvalue weighted by atomic mass is 127. The Morgan fingerprint density at radius 1 is 1.05 bits per heavy atom. The molecule has 5 amide bonds. The Labute approximate surface area is 244 Å². The molecular weight excluding hydrogens is 629 g/mol. The first-order valence-electron chi connectivity index (χ1n) is 12.2. The summed E-state index contributed by atoms with van der Waals surface area (Å²) < 4.78 is 12.1. The van der Waals surface area contributed by atoms with Crippen LogP contribution in [0.1, 0.15) is 23.6 Å². The van der Waals surface area contributed by atoms with Crippen LogP contribution < -0.4 is 25.0 Å². The molecule has 0 spiro atoms. The fourth-order valence-electron chi connectivity index (χ4n) is 3.93. The van der Waals surface area contributed by atoms with E-state index < -0.39 is 17.8 Å². The summed E-state index contributed by atoms with van der Waals surface area (Å²) in [6, 6.07) is 13.5. The summed E-state index contributed by atoms with van der Waals surface area (Å²) in [4.78, 5) is 51.6. The molecule has 0 atom stereocenters. The van der Waals surface area contributed by atoms with Gasteiger partial charge in [-0.2, -0.15) is 0 Å². The predicted octanol–water partition coefficient (Wildman–Crippen LogP) is 4.70. The monoisotopic (exact) mass is 655 g/mol. The molecule has 3 N–H and O–H groups in total. The fourth-order valence-corrected chi connectivity index (χ4v) is 4.71. The number of benzene rings is 3. The number of hydrogen-bond acceptors (Lipinski definition) is 7. The molecule has 1 saturated heterocycles. The van der Waals surface area contributed by atoms with Crippen LogP contribution in [0.15, 0.2) is 60.2 Å². The smallest absolute Gasteiger partial charge is 0.335 e. The van der Waals surface area contributed by atoms with Gasteiger partial charge in [-0.1, -0.05) is 12.1 Å². The van der Waals surface area contributed by atoms with Crippen molar-refractivity contribution < 1.29 is 33.8 Å². The number of ether oxygens (including phenoxy) is 2. The van der Waals surface area contributed by atoms with Crippen molar-refractivity contribution in [2.75, 3.05) is 23.4 Å². The summed E-state index contributed by atoms with van der Waals surface area (Å²) in [5, 5.41) is 14.5. The zero-order valence-electron chi connectivity index (χ0n) is 21.9. The minimum atomic E-state index is -0.898. The lowest BCUT2D eigenvalue weighted by molar-refractivity contribution is -0.122. The predicted molar refractivity (Wildman–Crippen MR) is 157 cm³/mol. The Morgan fingerprint density at radius 3 is 2.48 bits per heavy atom. The maximum absolute atomic E-state index is 13.2. The highest BCUT2D eigenvalue weighted by molar-refractivity contribution is 14.1. The number of halogens is 1. The minimum Gasteiger partial charge on any atom is -0.508 e. The number of carbonyl (C=O) groups is 4. The van der Waals surface area contributed by atoms with Crippen molar-refractivity contribution in [1.29, 1.82) is 0 Å². The molecule has 1 aliphatic rings. The summed E-state index contributed by atoms with van der Waals surface area (Å²) >= 11 is 2.02. The minimum absolute atomic E-state index is 0.0384. The molecule has 4 rings (SSSR count). The van der Waals surface area contributed by atoms with Gasteiger partial charge in [0.05, 0.1) is 15.9 Å². The second kappa shape index (κ2) is 12.2. The van der Waals surface area contributed by atoms with Crippen LogP contribution in [0, 0.1) is 17.4 Å². The van der Waals surface area contributed by atoms with E-state index in [1.165, 1.54) is 30.3 Å². The molecule has 1 aliphatic heterocycles. The molecular formula is C29H26IN3O7. The van der Waals surface area contributed by atoms with Gasteiger partial charge in [0.1, 0.15) is 11.3 Å². The van der Waals surface area contributed by atoms with Gasteiger partial charge >= 0.3 is 6.03 Å². The maximum Gasteiger partial charge on any atom is 0.335 e. The highest BCUT2D eigenvalue weighted by Crippen LogP contribution is 2.35. The van der Waals surface area contributed by atoms with Crippen LogP contribution >= 0.6 is 22.6 Å². The van der Waals surface area contributed by atoms with Crippen molar-refractivity contribution in [1.82, 2.24) is 5.32 Å². The van der Waals surface area contributed by atoms with E-state index >= 15 is 0 Å². The van der Waals surface area contributed by atoms with E-state index in [2.05, 4.69) is 10.6 Å². The normalized spacial score (nSPS) is 14.2. The van der Waals surface area contributed by atoms with E-state index in [4.69, 9.17) is 9.47 Å². The van der Waals surface area contributed by atoms with Gasteiger partial charge in [-0.15, -0.1) is 0 Å². The molecule has 10 nitrogen and oxygen atoms in total. The summed E-state index contributed by atoms with van der Waals surface area (Å²) in [6.07, 6.45) is 1.35. The lowest BCUT2D eigenvalue weighted by Crippen LogP contribution is -2.54. The zero-order chi connectivity index (χ0) is 29.0. The zero-order valence-corrected chi connectivity index (χ0v) is 24.1. The third kappa shape index (κ3) is 6.42. The lowest BCUT2D eigenvalue weighted by atomic mass is 10.1. The summed E-state index contributed by atoms with van der Waals surface area (Å²) in [7, 11) is 0. The number of rotatable bonds is 8. The second-order valence-corrected chi connectivity index (χ2v) is 10.1. The van der Waals surface area contributed by atoms with Gasteiger partial charge in [0, 0.05) is 5.69 Å². The number of imide groups is 2. The SMILES string of the molecule is CCOc1cc(/C=C2/C(=O)NC(=O)N(c3ccc(O)cc3)C2=O)cc(I)c1OCC(=O)Nc1cc(C)ccc1C. The third-order valence-corrected chi connectivity index (χ3v) is 6.67. The van der Waals surface area contributed by atoms with E-state index in [1.807, 2.05) is 54.6 Å². The molecule has 0 aliphatic carbocycles. The number of carbonyl (C=O) groups excluding carboxylic acids is 4. The van der Waals surface area contributed by atoms with Gasteiger partial charge in [0.2, 0.25) is 0 Å². The number of phenols is 1. The molecule has 206 valence electrons. The van der Waals surface area contributed by atoms with E-state index in [-0.39, 0.29) is 29.5 Å². The molecule has 3 aromatic carbocycles. The number of urea groups is 1. The van der Waals surface area contributed by atoms with Crippen LogP contribution in [0.25, 0.3) is 6.08 Å². The molecule has 0 radical (unpaired) electrons. The van der Waals surface area contributed by atoms with Gasteiger partial charge in [-0.25, -0.2) is 9.69 Å². The first-order chi connectivity index (χ1) is 19.1. The van der Waals surface area contributed by atoms with E-state index in [0.29, 0.717) is 32.9 Å². The number of nitrogens with zero attached hydrogens (tertiary/aromatic N) is 1. The third-order valence-electron chi connectivity index (χ3n) is 5.87. The molecule has 11 heteroatoms. The first-order valence-corrected chi connectivity index (χ1v) is 13.3. The fraction of sp³-hybridized carbons (Fsp3) is 0.172. The molecule has 0 aromatic heterocycles. The van der Waals surface area contributed by atoms with Crippen molar-refractivity contribution in [2.24, 2.45) is 0 Å². The van der Waals surface area contributed by atoms with Crippen LogP contribution in [0.4, 0.5) is 16.2 Å². The summed E-state index contributed by atoms with van der Waals surface area (Å²) in [6.45, 7) is 5.65.